The van der Waals surface area contributed by atoms with Crippen LogP contribution < -0.4 is 14.8 Å². The third kappa shape index (κ3) is 14.0. The van der Waals surface area contributed by atoms with Crippen LogP contribution in [0.4, 0.5) is 9.59 Å². The second-order valence-electron chi connectivity index (χ2n) is 11.8. The Kier molecular flexibility index (Phi) is 14.8. The van der Waals surface area contributed by atoms with Crippen molar-refractivity contribution in [3.63, 3.8) is 0 Å². The third-order valence-electron chi connectivity index (χ3n) is 6.65. The van der Waals surface area contributed by atoms with Crippen molar-refractivity contribution in [2.75, 3.05) is 13.7 Å². The number of benzene rings is 1. The lowest BCUT2D eigenvalue weighted by Gasteiger charge is -2.24. The standard InChI is InChI=1S/C31H49NO10/c1-11-30(6,7)41-28(35)39-24-15-14-22(18-25(24)40-29(36)42-31(8,9)12-2)17-23(27(34)37-10)32-19-21(5)38-26(33)16-13-20(3)4/h14-15,18,20-21,23,32H,11-13,16-17,19H2,1-10H3/t21?,23-/m0/s1. The third-order valence-corrected chi connectivity index (χ3v) is 6.65. The molecule has 0 spiro atoms. The SMILES string of the molecule is CCC(C)(C)OC(=O)Oc1ccc(C[C@H](NCC(C)OC(=O)CCC(C)C)C(=O)OC)cc1OC(=O)OC(C)(C)CC. The summed E-state index contributed by atoms with van der Waals surface area (Å²) in [5.41, 5.74) is -0.984. The van der Waals surface area contributed by atoms with Crippen molar-refractivity contribution in [1.29, 1.82) is 0 Å². The maximum absolute atomic E-state index is 12.6. The molecule has 42 heavy (non-hydrogen) atoms. The van der Waals surface area contributed by atoms with E-state index in [0.29, 0.717) is 30.7 Å². The molecule has 1 aromatic carbocycles. The Morgan fingerprint density at radius 3 is 1.90 bits per heavy atom. The van der Waals surface area contributed by atoms with Crippen LogP contribution in [0.5, 0.6) is 11.5 Å². The van der Waals surface area contributed by atoms with Crippen molar-refractivity contribution in [3.05, 3.63) is 23.8 Å². The molecule has 0 aromatic heterocycles. The van der Waals surface area contributed by atoms with E-state index >= 15 is 0 Å². The van der Waals surface area contributed by atoms with Gasteiger partial charge in [-0.25, -0.2) is 9.59 Å². The molecule has 0 aliphatic carbocycles. The van der Waals surface area contributed by atoms with Gasteiger partial charge in [0.15, 0.2) is 11.5 Å². The van der Waals surface area contributed by atoms with Gasteiger partial charge in [0.1, 0.15) is 23.3 Å². The van der Waals surface area contributed by atoms with Gasteiger partial charge in [0, 0.05) is 13.0 Å². The summed E-state index contributed by atoms with van der Waals surface area (Å²) in [7, 11) is 1.27. The zero-order chi connectivity index (χ0) is 32.1. The Morgan fingerprint density at radius 1 is 0.857 bits per heavy atom. The summed E-state index contributed by atoms with van der Waals surface area (Å²) in [6.45, 7) is 16.7. The van der Waals surface area contributed by atoms with Gasteiger partial charge in [-0.1, -0.05) is 33.8 Å². The van der Waals surface area contributed by atoms with E-state index < -0.39 is 41.6 Å². The quantitative estimate of drug-likeness (QED) is 0.134. The number of carbonyl (C=O) groups is 4. The molecule has 11 heteroatoms. The van der Waals surface area contributed by atoms with Gasteiger partial charge >= 0.3 is 24.2 Å². The van der Waals surface area contributed by atoms with Crippen LogP contribution in [-0.2, 0) is 35.0 Å². The Labute approximate surface area is 249 Å². The topological polar surface area (TPSA) is 136 Å². The summed E-state index contributed by atoms with van der Waals surface area (Å²) < 4.78 is 32.0. The van der Waals surface area contributed by atoms with E-state index in [4.69, 9.17) is 28.4 Å². The molecule has 0 fully saturated rings. The molecule has 1 aromatic rings. The molecule has 238 valence electrons. The van der Waals surface area contributed by atoms with Gasteiger partial charge in [-0.15, -0.1) is 0 Å². The minimum atomic E-state index is -0.984. The van der Waals surface area contributed by atoms with E-state index in [9.17, 15) is 19.2 Å². The maximum atomic E-state index is 12.6. The molecule has 0 bridgehead atoms. The van der Waals surface area contributed by atoms with Gasteiger partial charge in [-0.2, -0.15) is 0 Å². The molecule has 1 N–H and O–H groups in total. The molecule has 0 aliphatic rings. The van der Waals surface area contributed by atoms with Gasteiger partial charge in [-0.3, -0.25) is 9.59 Å². The Balaban J connectivity index is 3.13. The van der Waals surface area contributed by atoms with Gasteiger partial charge in [0.05, 0.1) is 7.11 Å². The van der Waals surface area contributed by atoms with E-state index in [2.05, 4.69) is 5.32 Å². The van der Waals surface area contributed by atoms with Crippen LogP contribution in [0.3, 0.4) is 0 Å². The average molecular weight is 596 g/mol. The lowest BCUT2D eigenvalue weighted by atomic mass is 10.0. The minimum Gasteiger partial charge on any atom is -0.468 e. The first kappa shape index (κ1) is 36.7. The summed E-state index contributed by atoms with van der Waals surface area (Å²) in [4.78, 5) is 49.7. The van der Waals surface area contributed by atoms with Crippen molar-refractivity contribution in [2.45, 2.75) is 118 Å². The molecule has 11 nitrogen and oxygen atoms in total. The minimum absolute atomic E-state index is 0.0635. The smallest absolute Gasteiger partial charge is 0.468 e. The molecule has 0 amide bonds. The van der Waals surface area contributed by atoms with Crippen LogP contribution in [-0.4, -0.2) is 61.3 Å². The number of carbonyl (C=O) groups excluding carboxylic acids is 4. The lowest BCUT2D eigenvalue weighted by molar-refractivity contribution is -0.148. The second kappa shape index (κ2) is 16.9. The van der Waals surface area contributed by atoms with Crippen molar-refractivity contribution < 1.29 is 47.6 Å². The summed E-state index contributed by atoms with van der Waals surface area (Å²) in [5.74, 6) is -0.609. The number of nitrogens with one attached hydrogen (secondary N) is 1. The van der Waals surface area contributed by atoms with Crippen LogP contribution in [0.1, 0.15) is 93.6 Å². The van der Waals surface area contributed by atoms with Crippen LogP contribution in [0.2, 0.25) is 0 Å². The number of esters is 2. The van der Waals surface area contributed by atoms with Crippen LogP contribution >= 0.6 is 0 Å². The van der Waals surface area contributed by atoms with Gasteiger partial charge in [0.2, 0.25) is 0 Å². The highest BCUT2D eigenvalue weighted by Gasteiger charge is 2.27. The van der Waals surface area contributed by atoms with Crippen molar-refractivity contribution in [1.82, 2.24) is 5.32 Å². The van der Waals surface area contributed by atoms with Crippen LogP contribution in [0.15, 0.2) is 18.2 Å². The number of rotatable bonds is 16. The molecule has 0 saturated heterocycles. The van der Waals surface area contributed by atoms with Gasteiger partial charge in [0.25, 0.3) is 0 Å². The molecular formula is C31H49NO10. The van der Waals surface area contributed by atoms with Crippen LogP contribution in [0, 0.1) is 5.92 Å². The Hall–Kier alpha value is -3.34. The zero-order valence-corrected chi connectivity index (χ0v) is 26.8. The summed E-state index contributed by atoms with van der Waals surface area (Å²) >= 11 is 0. The number of hydrogen-bond donors (Lipinski definition) is 1. The highest BCUT2D eigenvalue weighted by Crippen LogP contribution is 2.31. The zero-order valence-electron chi connectivity index (χ0n) is 26.8. The van der Waals surface area contributed by atoms with E-state index in [1.54, 1.807) is 40.7 Å². The lowest BCUT2D eigenvalue weighted by Crippen LogP contribution is -2.43. The molecular weight excluding hydrogens is 546 g/mol. The molecule has 0 radical (unpaired) electrons. The first-order chi connectivity index (χ1) is 19.5. The maximum Gasteiger partial charge on any atom is 0.514 e. The van der Waals surface area contributed by atoms with Crippen molar-refractivity contribution in [2.24, 2.45) is 5.92 Å². The largest absolute Gasteiger partial charge is 0.514 e. The highest BCUT2D eigenvalue weighted by molar-refractivity contribution is 5.76. The summed E-state index contributed by atoms with van der Waals surface area (Å²) in [6, 6.07) is 3.72. The van der Waals surface area contributed by atoms with Gasteiger partial charge < -0.3 is 33.7 Å². The van der Waals surface area contributed by atoms with E-state index in [1.807, 2.05) is 27.7 Å². The van der Waals surface area contributed by atoms with E-state index in [1.165, 1.54) is 19.2 Å². The summed E-state index contributed by atoms with van der Waals surface area (Å²) in [5, 5.41) is 3.08. The number of ether oxygens (including phenoxy) is 6. The fraction of sp³-hybridized carbons (Fsp3) is 0.677. The molecule has 0 aliphatic heterocycles. The molecule has 1 rings (SSSR count). The van der Waals surface area contributed by atoms with Crippen molar-refractivity contribution >= 4 is 24.2 Å². The molecule has 1 unspecified atom stereocenters. The monoisotopic (exact) mass is 595 g/mol. The fourth-order valence-corrected chi connectivity index (χ4v) is 3.32. The predicted molar refractivity (Wildman–Crippen MR) is 157 cm³/mol. The first-order valence-electron chi connectivity index (χ1n) is 14.5. The van der Waals surface area contributed by atoms with E-state index in [0.717, 1.165) is 6.42 Å². The first-order valence-corrected chi connectivity index (χ1v) is 14.5. The number of methoxy groups -OCH3 is 1. The highest BCUT2D eigenvalue weighted by atomic mass is 16.8. The van der Waals surface area contributed by atoms with Gasteiger partial charge in [-0.05, 0) is 83.9 Å². The van der Waals surface area contributed by atoms with Crippen molar-refractivity contribution in [3.8, 4) is 11.5 Å². The molecule has 0 heterocycles. The molecule has 2 atom stereocenters. The average Bonchev–Trinajstić information content (AvgIpc) is 2.90. The predicted octanol–water partition coefficient (Wildman–Crippen LogP) is 6.14. The number of hydrogen-bond acceptors (Lipinski definition) is 11. The normalized spacial score (nSPS) is 13.1. The van der Waals surface area contributed by atoms with Crippen LogP contribution in [0.25, 0.3) is 0 Å². The fourth-order valence-electron chi connectivity index (χ4n) is 3.32. The second-order valence-corrected chi connectivity index (χ2v) is 11.8. The Morgan fingerprint density at radius 2 is 1.40 bits per heavy atom. The summed E-state index contributed by atoms with van der Waals surface area (Å²) in [6.07, 6.45) is -0.161. The van der Waals surface area contributed by atoms with E-state index in [-0.39, 0.29) is 30.4 Å². The Bertz CT molecular complexity index is 1050. The molecule has 0 saturated carbocycles.